The Morgan fingerprint density at radius 2 is 2.14 bits per heavy atom. The van der Waals surface area contributed by atoms with Crippen LogP contribution in [0.5, 0.6) is 0 Å². The fourth-order valence-corrected chi connectivity index (χ4v) is 2.89. The molecule has 22 heavy (non-hydrogen) atoms. The first-order valence-electron chi connectivity index (χ1n) is 8.58. The van der Waals surface area contributed by atoms with E-state index < -0.39 is 0 Å². The van der Waals surface area contributed by atoms with Crippen molar-refractivity contribution < 1.29 is 4.42 Å². The summed E-state index contributed by atoms with van der Waals surface area (Å²) in [6, 6.07) is 3.85. The highest BCUT2D eigenvalue weighted by molar-refractivity contribution is 5.79. The Balaban J connectivity index is 1.69. The van der Waals surface area contributed by atoms with Crippen LogP contribution in [0.2, 0.25) is 0 Å². The molecule has 0 aromatic carbocycles. The van der Waals surface area contributed by atoms with Crippen molar-refractivity contribution in [2.24, 2.45) is 10.9 Å². The van der Waals surface area contributed by atoms with Gasteiger partial charge in [0.05, 0.1) is 6.26 Å². The monoisotopic (exact) mass is 306 g/mol. The molecule has 1 fully saturated rings. The van der Waals surface area contributed by atoms with Crippen LogP contribution in [-0.2, 0) is 6.54 Å². The van der Waals surface area contributed by atoms with Crippen LogP contribution in [0.15, 0.2) is 27.8 Å². The maximum Gasteiger partial charge on any atom is 0.191 e. The largest absolute Gasteiger partial charge is 0.467 e. The van der Waals surface area contributed by atoms with E-state index in [0.717, 1.165) is 30.7 Å². The van der Waals surface area contributed by atoms with Crippen molar-refractivity contribution in [1.29, 1.82) is 0 Å². The number of guanidine groups is 1. The first-order chi connectivity index (χ1) is 10.8. The lowest BCUT2D eigenvalue weighted by atomic mass is 9.93. The van der Waals surface area contributed by atoms with Crippen molar-refractivity contribution in [1.82, 2.24) is 15.5 Å². The molecule has 1 aromatic rings. The average molecular weight is 306 g/mol. The summed E-state index contributed by atoms with van der Waals surface area (Å²) in [7, 11) is 0. The molecule has 1 aliphatic heterocycles. The topological polar surface area (TPSA) is 52.8 Å². The van der Waals surface area contributed by atoms with Gasteiger partial charge in [-0.1, -0.05) is 6.92 Å². The fourth-order valence-electron chi connectivity index (χ4n) is 2.89. The van der Waals surface area contributed by atoms with E-state index in [9.17, 15) is 0 Å². The standard InChI is InChI=1S/C17H30N4O/c1-3-18-17(20-14-16-6-5-13-22-16)19-10-7-15-8-11-21(4-2)12-9-15/h5-6,13,15H,3-4,7-12,14H2,1-2H3,(H2,18,19,20). The van der Waals surface area contributed by atoms with Gasteiger partial charge in [0.25, 0.3) is 0 Å². The van der Waals surface area contributed by atoms with Gasteiger partial charge in [0.15, 0.2) is 5.96 Å². The summed E-state index contributed by atoms with van der Waals surface area (Å²) < 4.78 is 5.32. The molecule has 5 nitrogen and oxygen atoms in total. The third-order valence-electron chi connectivity index (χ3n) is 4.32. The van der Waals surface area contributed by atoms with Crippen molar-refractivity contribution in [2.75, 3.05) is 32.7 Å². The minimum absolute atomic E-state index is 0.581. The molecule has 0 saturated carbocycles. The number of furan rings is 1. The smallest absolute Gasteiger partial charge is 0.191 e. The van der Waals surface area contributed by atoms with Gasteiger partial charge in [0.2, 0.25) is 0 Å². The number of nitrogens with one attached hydrogen (secondary N) is 2. The van der Waals surface area contributed by atoms with Crippen LogP contribution in [0.4, 0.5) is 0 Å². The zero-order valence-corrected chi connectivity index (χ0v) is 14.0. The second-order valence-electron chi connectivity index (χ2n) is 5.87. The molecule has 1 aromatic heterocycles. The summed E-state index contributed by atoms with van der Waals surface area (Å²) in [5.41, 5.74) is 0. The summed E-state index contributed by atoms with van der Waals surface area (Å²) in [5, 5.41) is 6.73. The van der Waals surface area contributed by atoms with E-state index in [2.05, 4.69) is 34.4 Å². The van der Waals surface area contributed by atoms with E-state index in [1.807, 2.05) is 12.1 Å². The highest BCUT2D eigenvalue weighted by Crippen LogP contribution is 2.19. The van der Waals surface area contributed by atoms with Crippen LogP contribution >= 0.6 is 0 Å². The molecule has 0 aliphatic carbocycles. The van der Waals surface area contributed by atoms with Crippen LogP contribution in [0.3, 0.4) is 0 Å². The SMILES string of the molecule is CCNC(=NCc1ccco1)NCCC1CCN(CC)CC1. The molecular formula is C17H30N4O. The van der Waals surface area contributed by atoms with Crippen molar-refractivity contribution in [3.63, 3.8) is 0 Å². The molecule has 2 heterocycles. The molecule has 0 unspecified atom stereocenters. The van der Waals surface area contributed by atoms with Crippen LogP contribution < -0.4 is 10.6 Å². The quantitative estimate of drug-likeness (QED) is 0.600. The maximum atomic E-state index is 5.32. The fraction of sp³-hybridized carbons (Fsp3) is 0.706. The summed E-state index contributed by atoms with van der Waals surface area (Å²) in [6.07, 6.45) is 5.57. The predicted octanol–water partition coefficient (Wildman–Crippen LogP) is 2.46. The zero-order chi connectivity index (χ0) is 15.6. The molecule has 5 heteroatoms. The maximum absolute atomic E-state index is 5.32. The van der Waals surface area contributed by atoms with Crippen molar-refractivity contribution in [3.8, 4) is 0 Å². The minimum Gasteiger partial charge on any atom is -0.467 e. The number of likely N-dealkylation sites (tertiary alicyclic amines) is 1. The minimum atomic E-state index is 0.581. The first kappa shape index (κ1) is 16.9. The van der Waals surface area contributed by atoms with Gasteiger partial charge in [-0.25, -0.2) is 4.99 Å². The van der Waals surface area contributed by atoms with Gasteiger partial charge in [-0.3, -0.25) is 0 Å². The number of nitrogens with zero attached hydrogens (tertiary/aromatic N) is 2. The van der Waals surface area contributed by atoms with E-state index in [1.54, 1.807) is 6.26 Å². The van der Waals surface area contributed by atoms with Crippen LogP contribution in [0, 0.1) is 5.92 Å². The molecular weight excluding hydrogens is 276 g/mol. The molecule has 2 N–H and O–H groups in total. The molecule has 124 valence electrons. The Hall–Kier alpha value is -1.49. The van der Waals surface area contributed by atoms with Gasteiger partial charge in [-0.05, 0) is 63.9 Å². The van der Waals surface area contributed by atoms with E-state index in [1.165, 1.54) is 38.9 Å². The Kier molecular flexibility index (Phi) is 7.30. The third kappa shape index (κ3) is 5.72. The summed E-state index contributed by atoms with van der Waals surface area (Å²) in [6.45, 7) is 10.5. The predicted molar refractivity (Wildman–Crippen MR) is 91.0 cm³/mol. The molecule has 0 radical (unpaired) electrons. The number of hydrogen-bond acceptors (Lipinski definition) is 3. The molecule has 0 bridgehead atoms. The van der Waals surface area contributed by atoms with Gasteiger partial charge in [-0.15, -0.1) is 0 Å². The Morgan fingerprint density at radius 3 is 2.77 bits per heavy atom. The average Bonchev–Trinajstić information content (AvgIpc) is 3.06. The third-order valence-corrected chi connectivity index (χ3v) is 4.32. The Morgan fingerprint density at radius 1 is 1.32 bits per heavy atom. The number of aliphatic imine (C=N–C) groups is 1. The normalized spacial score (nSPS) is 17.6. The van der Waals surface area contributed by atoms with Crippen molar-refractivity contribution in [3.05, 3.63) is 24.2 Å². The van der Waals surface area contributed by atoms with Crippen molar-refractivity contribution >= 4 is 5.96 Å². The van der Waals surface area contributed by atoms with Gasteiger partial charge in [0, 0.05) is 13.1 Å². The first-order valence-corrected chi connectivity index (χ1v) is 8.58. The summed E-state index contributed by atoms with van der Waals surface area (Å²) in [5.74, 6) is 2.62. The molecule has 1 aliphatic rings. The van der Waals surface area contributed by atoms with E-state index >= 15 is 0 Å². The van der Waals surface area contributed by atoms with Crippen LogP contribution in [0.1, 0.15) is 38.9 Å². The van der Waals surface area contributed by atoms with Crippen LogP contribution in [0.25, 0.3) is 0 Å². The number of rotatable bonds is 7. The number of hydrogen-bond donors (Lipinski definition) is 2. The van der Waals surface area contributed by atoms with E-state index in [-0.39, 0.29) is 0 Å². The van der Waals surface area contributed by atoms with Gasteiger partial charge >= 0.3 is 0 Å². The molecule has 0 spiro atoms. The van der Waals surface area contributed by atoms with E-state index in [4.69, 9.17) is 4.42 Å². The van der Waals surface area contributed by atoms with Gasteiger partial charge < -0.3 is 20.0 Å². The molecule has 2 rings (SSSR count). The lowest BCUT2D eigenvalue weighted by molar-refractivity contribution is 0.187. The van der Waals surface area contributed by atoms with Crippen LogP contribution in [-0.4, -0.2) is 43.6 Å². The second kappa shape index (κ2) is 9.51. The second-order valence-corrected chi connectivity index (χ2v) is 5.87. The molecule has 0 amide bonds. The lowest BCUT2D eigenvalue weighted by Gasteiger charge is -2.31. The van der Waals surface area contributed by atoms with Gasteiger partial charge in [0.1, 0.15) is 12.3 Å². The molecule has 1 saturated heterocycles. The highest BCUT2D eigenvalue weighted by atomic mass is 16.3. The highest BCUT2D eigenvalue weighted by Gasteiger charge is 2.17. The number of piperidine rings is 1. The Labute approximate surface area is 134 Å². The summed E-state index contributed by atoms with van der Waals surface area (Å²) >= 11 is 0. The summed E-state index contributed by atoms with van der Waals surface area (Å²) in [4.78, 5) is 7.10. The molecule has 0 atom stereocenters. The zero-order valence-electron chi connectivity index (χ0n) is 14.0. The van der Waals surface area contributed by atoms with Crippen molar-refractivity contribution in [2.45, 2.75) is 39.7 Å². The van der Waals surface area contributed by atoms with Gasteiger partial charge in [-0.2, -0.15) is 0 Å². The van der Waals surface area contributed by atoms with E-state index in [0.29, 0.717) is 6.54 Å². The Bertz CT molecular complexity index is 422. The lowest BCUT2D eigenvalue weighted by Crippen LogP contribution is -2.39.